The zero-order valence-electron chi connectivity index (χ0n) is 8.54. The van der Waals surface area contributed by atoms with Crippen molar-refractivity contribution in [2.45, 2.75) is 19.1 Å². The molecule has 0 saturated heterocycles. The van der Waals surface area contributed by atoms with Crippen molar-refractivity contribution in [2.75, 3.05) is 13.7 Å². The molecule has 0 heterocycles. The molecule has 9 heteroatoms. The van der Waals surface area contributed by atoms with E-state index in [0.717, 1.165) is 14.0 Å². The van der Waals surface area contributed by atoms with Crippen LogP contribution in [-0.4, -0.2) is 48.0 Å². The molecule has 94 valence electrons. The molecule has 0 aromatic rings. The first-order valence-corrected chi connectivity index (χ1v) is 4.09. The van der Waals surface area contributed by atoms with Gasteiger partial charge < -0.3 is 10.4 Å². The fourth-order valence-corrected chi connectivity index (χ4v) is 0.858. The second-order valence-electron chi connectivity index (χ2n) is 2.84. The molecular weight excluding hydrogens is 233 g/mol. The van der Waals surface area contributed by atoms with Crippen LogP contribution >= 0.6 is 0 Å². The molecule has 16 heavy (non-hydrogen) atoms. The van der Waals surface area contributed by atoms with Crippen molar-refractivity contribution >= 4 is 12.0 Å². The van der Waals surface area contributed by atoms with Gasteiger partial charge in [-0.05, 0) is 6.92 Å². The van der Waals surface area contributed by atoms with Gasteiger partial charge in [-0.2, -0.15) is 13.2 Å². The molecule has 0 rings (SSSR count). The van der Waals surface area contributed by atoms with Crippen LogP contribution in [0.15, 0.2) is 0 Å². The van der Waals surface area contributed by atoms with Crippen LogP contribution < -0.4 is 5.32 Å². The normalized spacial score (nSPS) is 13.1. The molecule has 1 atom stereocenters. The highest BCUT2D eigenvalue weighted by atomic mass is 19.4. The minimum Gasteiger partial charge on any atom is -0.465 e. The van der Waals surface area contributed by atoms with Crippen LogP contribution in [-0.2, 0) is 9.63 Å². The van der Waals surface area contributed by atoms with Gasteiger partial charge in [0.05, 0.1) is 7.11 Å². The predicted molar refractivity (Wildman–Crippen MR) is 45.4 cm³/mol. The fraction of sp³-hybridized carbons (Fsp3) is 0.714. The molecular formula is C7H11F3N2O4. The Morgan fingerprint density at radius 3 is 2.31 bits per heavy atom. The summed E-state index contributed by atoms with van der Waals surface area (Å²) in [5.41, 5.74) is 0. The van der Waals surface area contributed by atoms with Crippen LogP contribution in [0.25, 0.3) is 0 Å². The topological polar surface area (TPSA) is 78.9 Å². The minimum atomic E-state index is -4.62. The van der Waals surface area contributed by atoms with Crippen molar-refractivity contribution in [3.05, 3.63) is 0 Å². The molecule has 0 radical (unpaired) electrons. The maximum atomic E-state index is 12.0. The number of nitrogens with zero attached hydrogens (tertiary/aromatic N) is 1. The second kappa shape index (κ2) is 5.54. The number of carbonyl (C=O) groups is 2. The zero-order valence-corrected chi connectivity index (χ0v) is 8.54. The Labute approximate surface area is 88.9 Å². The number of carbonyl (C=O) groups excluding carboxylic acids is 1. The van der Waals surface area contributed by atoms with Gasteiger partial charge in [-0.1, -0.05) is 0 Å². The molecule has 0 spiro atoms. The fourth-order valence-electron chi connectivity index (χ4n) is 0.858. The number of hydrogen-bond acceptors (Lipinski definition) is 3. The van der Waals surface area contributed by atoms with E-state index in [-0.39, 0.29) is 5.06 Å². The standard InChI is InChI=1S/C7H11F3N2O4/c1-4(11-6(14)15)5(13)12(16-2)3-7(8,9)10/h4,11H,3H2,1-2H3,(H,14,15). The molecule has 2 N–H and O–H groups in total. The van der Waals surface area contributed by atoms with Crippen molar-refractivity contribution < 1.29 is 32.7 Å². The summed E-state index contributed by atoms with van der Waals surface area (Å²) < 4.78 is 35.9. The van der Waals surface area contributed by atoms with Gasteiger partial charge in [-0.3, -0.25) is 9.63 Å². The first-order valence-electron chi connectivity index (χ1n) is 4.09. The Balaban J connectivity index is 4.47. The zero-order chi connectivity index (χ0) is 12.9. The Morgan fingerprint density at radius 1 is 1.50 bits per heavy atom. The van der Waals surface area contributed by atoms with E-state index in [1.165, 1.54) is 0 Å². The minimum absolute atomic E-state index is 0.0423. The lowest BCUT2D eigenvalue weighted by molar-refractivity contribution is -0.224. The number of halogens is 3. The number of carboxylic acid groups (broad SMARTS) is 1. The smallest absolute Gasteiger partial charge is 0.408 e. The highest BCUT2D eigenvalue weighted by Crippen LogP contribution is 2.16. The number of rotatable bonds is 4. The molecule has 0 aliphatic rings. The summed E-state index contributed by atoms with van der Waals surface area (Å²) in [7, 11) is 0.886. The average molecular weight is 244 g/mol. The Hall–Kier alpha value is -1.51. The van der Waals surface area contributed by atoms with Gasteiger partial charge in [0.2, 0.25) is 0 Å². The van der Waals surface area contributed by atoms with Crippen LogP contribution in [0.3, 0.4) is 0 Å². The maximum Gasteiger partial charge on any atom is 0.408 e. The first-order chi connectivity index (χ1) is 7.17. The van der Waals surface area contributed by atoms with E-state index < -0.39 is 30.8 Å². The number of amides is 2. The average Bonchev–Trinajstić information content (AvgIpc) is 2.10. The van der Waals surface area contributed by atoms with Crippen molar-refractivity contribution in [3.63, 3.8) is 0 Å². The molecule has 0 bridgehead atoms. The molecule has 0 aromatic carbocycles. The molecule has 0 aliphatic heterocycles. The van der Waals surface area contributed by atoms with Crippen LogP contribution in [0, 0.1) is 0 Å². The van der Waals surface area contributed by atoms with Gasteiger partial charge in [-0.15, -0.1) is 0 Å². The molecule has 0 fully saturated rings. The molecule has 1 unspecified atom stereocenters. The largest absolute Gasteiger partial charge is 0.465 e. The summed E-state index contributed by atoms with van der Waals surface area (Å²) in [6, 6.07) is -1.32. The van der Waals surface area contributed by atoms with E-state index >= 15 is 0 Å². The lowest BCUT2D eigenvalue weighted by Gasteiger charge is -2.23. The van der Waals surface area contributed by atoms with E-state index in [2.05, 4.69) is 4.84 Å². The van der Waals surface area contributed by atoms with Gasteiger partial charge >= 0.3 is 12.3 Å². The van der Waals surface area contributed by atoms with E-state index in [1.54, 1.807) is 5.32 Å². The van der Waals surface area contributed by atoms with Crippen LogP contribution in [0.2, 0.25) is 0 Å². The maximum absolute atomic E-state index is 12.0. The van der Waals surface area contributed by atoms with Gasteiger partial charge in [0, 0.05) is 0 Å². The Morgan fingerprint density at radius 2 is 2.00 bits per heavy atom. The third-order valence-corrected chi connectivity index (χ3v) is 1.50. The quantitative estimate of drug-likeness (QED) is 0.709. The summed E-state index contributed by atoms with van der Waals surface area (Å²) in [6.45, 7) is -0.493. The van der Waals surface area contributed by atoms with E-state index in [4.69, 9.17) is 5.11 Å². The summed E-state index contributed by atoms with van der Waals surface area (Å²) in [6.07, 6.45) is -6.13. The monoisotopic (exact) mass is 244 g/mol. The summed E-state index contributed by atoms with van der Waals surface area (Å²) in [5.74, 6) is -1.12. The van der Waals surface area contributed by atoms with Crippen molar-refractivity contribution in [1.82, 2.24) is 10.4 Å². The Kier molecular flexibility index (Phi) is 5.02. The first kappa shape index (κ1) is 14.5. The van der Waals surface area contributed by atoms with Gasteiger partial charge in [0.25, 0.3) is 5.91 Å². The number of hydrogen-bond donors (Lipinski definition) is 2. The summed E-state index contributed by atoms with van der Waals surface area (Å²) in [4.78, 5) is 25.6. The van der Waals surface area contributed by atoms with Crippen molar-refractivity contribution in [1.29, 1.82) is 0 Å². The molecule has 2 amide bonds. The van der Waals surface area contributed by atoms with Crippen LogP contribution in [0.5, 0.6) is 0 Å². The predicted octanol–water partition coefficient (Wildman–Crippen LogP) is 0.595. The molecule has 0 saturated carbocycles. The Bertz CT molecular complexity index is 269. The van der Waals surface area contributed by atoms with Crippen molar-refractivity contribution in [2.24, 2.45) is 0 Å². The lowest BCUT2D eigenvalue weighted by atomic mass is 10.3. The van der Waals surface area contributed by atoms with E-state index in [0.29, 0.717) is 0 Å². The highest BCUT2D eigenvalue weighted by molar-refractivity contribution is 5.84. The highest BCUT2D eigenvalue weighted by Gasteiger charge is 2.35. The van der Waals surface area contributed by atoms with Gasteiger partial charge in [0.15, 0.2) is 0 Å². The molecule has 6 nitrogen and oxygen atoms in total. The summed E-state index contributed by atoms with van der Waals surface area (Å²) >= 11 is 0. The molecule has 0 aliphatic carbocycles. The SMILES string of the molecule is CON(CC(F)(F)F)C(=O)C(C)NC(=O)O. The third kappa shape index (κ3) is 5.39. The number of alkyl halides is 3. The number of hydroxylamine groups is 2. The van der Waals surface area contributed by atoms with E-state index in [1.807, 2.05) is 0 Å². The van der Waals surface area contributed by atoms with E-state index in [9.17, 15) is 22.8 Å². The summed E-state index contributed by atoms with van der Waals surface area (Å²) in [5, 5.41) is 10.0. The van der Waals surface area contributed by atoms with Gasteiger partial charge in [0.1, 0.15) is 12.6 Å². The second-order valence-corrected chi connectivity index (χ2v) is 2.84. The van der Waals surface area contributed by atoms with Crippen molar-refractivity contribution in [3.8, 4) is 0 Å². The van der Waals surface area contributed by atoms with Crippen LogP contribution in [0.4, 0.5) is 18.0 Å². The third-order valence-electron chi connectivity index (χ3n) is 1.50. The molecule has 0 aromatic heterocycles. The lowest BCUT2D eigenvalue weighted by Crippen LogP contribution is -2.48. The number of nitrogens with one attached hydrogen (secondary N) is 1. The van der Waals surface area contributed by atoms with Gasteiger partial charge in [-0.25, -0.2) is 9.86 Å². The van der Waals surface area contributed by atoms with Crippen LogP contribution in [0.1, 0.15) is 6.92 Å².